The lowest BCUT2D eigenvalue weighted by atomic mass is 10.4. The Morgan fingerprint density at radius 3 is 1.92 bits per heavy atom. The van der Waals surface area contributed by atoms with Crippen LogP contribution in [0.3, 0.4) is 0 Å². The molecule has 1 N–H and O–H groups in total. The fourth-order valence-corrected chi connectivity index (χ4v) is 0.387. The fraction of sp³-hybridized carbons (Fsp3) is 0.889. The lowest BCUT2D eigenvalue weighted by Crippen LogP contribution is -2.13. The van der Waals surface area contributed by atoms with Gasteiger partial charge in [-0.15, -0.1) is 0 Å². The van der Waals surface area contributed by atoms with Crippen molar-refractivity contribution in [3.63, 3.8) is 0 Å². The molecule has 3 heteroatoms. The van der Waals surface area contributed by atoms with E-state index in [0.717, 1.165) is 13.0 Å². The summed E-state index contributed by atoms with van der Waals surface area (Å²) in [6, 6.07) is 0. The first kappa shape index (κ1) is 14.1. The van der Waals surface area contributed by atoms with E-state index in [1.807, 2.05) is 21.0 Å². The van der Waals surface area contributed by atoms with Crippen LogP contribution >= 0.6 is 0 Å². The number of Topliss-reactive ketones (excluding diaryl/α,β-unsaturated/α-hetero) is 1. The molecule has 0 heterocycles. The van der Waals surface area contributed by atoms with E-state index in [1.165, 1.54) is 0 Å². The molecular formula is C9H21NO2. The summed E-state index contributed by atoms with van der Waals surface area (Å²) >= 11 is 0. The number of aliphatic hydroxyl groups excluding tert-OH is 1. The highest BCUT2D eigenvalue weighted by Crippen LogP contribution is 1.77. The van der Waals surface area contributed by atoms with E-state index in [-0.39, 0.29) is 5.78 Å². The van der Waals surface area contributed by atoms with Crippen molar-refractivity contribution in [1.82, 2.24) is 4.90 Å². The van der Waals surface area contributed by atoms with E-state index in [1.54, 1.807) is 6.92 Å². The molecule has 0 rings (SSSR count). The summed E-state index contributed by atoms with van der Waals surface area (Å²) in [5.74, 6) is 0.255. The summed E-state index contributed by atoms with van der Waals surface area (Å²) in [5, 5.41) is 8.29. The first-order valence-electron chi connectivity index (χ1n) is 4.29. The molecule has 0 aromatic carbocycles. The lowest BCUT2D eigenvalue weighted by Gasteiger charge is -2.05. The second kappa shape index (κ2) is 10.6. The average Bonchev–Trinajstić information content (AvgIpc) is 2.02. The van der Waals surface area contributed by atoms with Gasteiger partial charge in [0, 0.05) is 13.0 Å². The van der Waals surface area contributed by atoms with Crippen molar-refractivity contribution in [1.29, 1.82) is 0 Å². The number of rotatable bonds is 4. The van der Waals surface area contributed by atoms with Crippen LogP contribution in [0.25, 0.3) is 0 Å². The third-order valence-corrected chi connectivity index (χ3v) is 1.26. The summed E-state index contributed by atoms with van der Waals surface area (Å²) in [7, 11) is 3.99. The normalized spacial score (nSPS) is 9.17. The molecule has 0 atom stereocenters. The van der Waals surface area contributed by atoms with Crippen molar-refractivity contribution >= 4 is 5.78 Å². The van der Waals surface area contributed by atoms with E-state index in [0.29, 0.717) is 13.0 Å². The van der Waals surface area contributed by atoms with Crippen LogP contribution in [0.5, 0.6) is 0 Å². The van der Waals surface area contributed by atoms with Gasteiger partial charge >= 0.3 is 0 Å². The van der Waals surface area contributed by atoms with Crippen LogP contribution in [0, 0.1) is 0 Å². The SMILES string of the molecule is CCC(C)=O.CN(C)CCCO. The maximum absolute atomic E-state index is 9.81. The predicted molar refractivity (Wildman–Crippen MR) is 51.2 cm³/mol. The monoisotopic (exact) mass is 175 g/mol. The zero-order chi connectivity index (χ0) is 9.98. The Hall–Kier alpha value is -0.410. The molecule has 0 saturated heterocycles. The van der Waals surface area contributed by atoms with Gasteiger partial charge in [-0.25, -0.2) is 0 Å². The molecule has 0 spiro atoms. The summed E-state index contributed by atoms with van der Waals surface area (Å²) in [5.41, 5.74) is 0. The third-order valence-electron chi connectivity index (χ3n) is 1.26. The van der Waals surface area contributed by atoms with Crippen LogP contribution in [0.1, 0.15) is 26.7 Å². The summed E-state index contributed by atoms with van der Waals surface area (Å²) in [4.78, 5) is 11.9. The molecule has 0 aliphatic heterocycles. The van der Waals surface area contributed by atoms with Gasteiger partial charge in [0.2, 0.25) is 0 Å². The summed E-state index contributed by atoms with van der Waals surface area (Å²) in [6.07, 6.45) is 1.55. The van der Waals surface area contributed by atoms with Crippen molar-refractivity contribution in [2.45, 2.75) is 26.7 Å². The number of nitrogens with zero attached hydrogens (tertiary/aromatic N) is 1. The van der Waals surface area contributed by atoms with Gasteiger partial charge in [-0.3, -0.25) is 0 Å². The quantitative estimate of drug-likeness (QED) is 0.690. The highest BCUT2D eigenvalue weighted by molar-refractivity contribution is 5.74. The Kier molecular flexibility index (Phi) is 12.5. The Morgan fingerprint density at radius 1 is 1.42 bits per heavy atom. The molecule has 0 aromatic rings. The van der Waals surface area contributed by atoms with Crippen molar-refractivity contribution in [3.05, 3.63) is 0 Å². The van der Waals surface area contributed by atoms with E-state index in [9.17, 15) is 4.79 Å². The maximum Gasteiger partial charge on any atom is 0.129 e. The minimum Gasteiger partial charge on any atom is -0.396 e. The molecule has 0 amide bonds. The first-order chi connectivity index (χ1) is 5.54. The van der Waals surface area contributed by atoms with Crippen LogP contribution in [-0.2, 0) is 4.79 Å². The zero-order valence-electron chi connectivity index (χ0n) is 8.63. The van der Waals surface area contributed by atoms with Crippen molar-refractivity contribution in [2.75, 3.05) is 27.2 Å². The largest absolute Gasteiger partial charge is 0.396 e. The first-order valence-corrected chi connectivity index (χ1v) is 4.29. The second-order valence-electron chi connectivity index (χ2n) is 2.94. The predicted octanol–water partition coefficient (Wildman–Crippen LogP) is 0.916. The number of aliphatic hydroxyl groups is 1. The molecule has 0 aromatic heterocycles. The summed E-state index contributed by atoms with van der Waals surface area (Å²) < 4.78 is 0. The van der Waals surface area contributed by atoms with Crippen LogP contribution in [0.2, 0.25) is 0 Å². The molecule has 12 heavy (non-hydrogen) atoms. The van der Waals surface area contributed by atoms with Gasteiger partial charge in [-0.1, -0.05) is 6.92 Å². The molecule has 0 saturated carbocycles. The highest BCUT2D eigenvalue weighted by atomic mass is 16.3. The van der Waals surface area contributed by atoms with E-state index >= 15 is 0 Å². The van der Waals surface area contributed by atoms with Crippen LogP contribution < -0.4 is 0 Å². The van der Waals surface area contributed by atoms with Gasteiger partial charge in [0.05, 0.1) is 0 Å². The molecule has 74 valence electrons. The standard InChI is InChI=1S/C5H13NO.C4H8O/c1-6(2)4-3-5-7;1-3-4(2)5/h7H,3-5H2,1-2H3;3H2,1-2H3. The van der Waals surface area contributed by atoms with Crippen LogP contribution in [0.4, 0.5) is 0 Å². The van der Waals surface area contributed by atoms with Crippen molar-refractivity contribution in [3.8, 4) is 0 Å². The lowest BCUT2D eigenvalue weighted by molar-refractivity contribution is -0.116. The Balaban J connectivity index is 0. The third kappa shape index (κ3) is 22.6. The highest BCUT2D eigenvalue weighted by Gasteiger charge is 1.84. The van der Waals surface area contributed by atoms with Crippen LogP contribution in [0.15, 0.2) is 0 Å². The van der Waals surface area contributed by atoms with Gasteiger partial charge in [0.25, 0.3) is 0 Å². The number of ketones is 1. The Labute approximate surface area is 75.4 Å². The molecule has 0 bridgehead atoms. The Bertz CT molecular complexity index is 103. The molecule has 0 fully saturated rings. The van der Waals surface area contributed by atoms with E-state index < -0.39 is 0 Å². The molecular weight excluding hydrogens is 154 g/mol. The number of hydrogen-bond acceptors (Lipinski definition) is 3. The van der Waals surface area contributed by atoms with Gasteiger partial charge < -0.3 is 14.8 Å². The minimum atomic E-state index is 0.255. The topological polar surface area (TPSA) is 40.5 Å². The van der Waals surface area contributed by atoms with Crippen molar-refractivity contribution < 1.29 is 9.90 Å². The number of hydrogen-bond donors (Lipinski definition) is 1. The van der Waals surface area contributed by atoms with Gasteiger partial charge in [0.1, 0.15) is 5.78 Å². The van der Waals surface area contributed by atoms with E-state index in [2.05, 4.69) is 4.90 Å². The van der Waals surface area contributed by atoms with E-state index in [4.69, 9.17) is 5.11 Å². The van der Waals surface area contributed by atoms with Crippen molar-refractivity contribution in [2.24, 2.45) is 0 Å². The van der Waals surface area contributed by atoms with Crippen LogP contribution in [-0.4, -0.2) is 43.0 Å². The number of carbonyl (C=O) groups is 1. The van der Waals surface area contributed by atoms with Gasteiger partial charge in [-0.2, -0.15) is 0 Å². The zero-order valence-corrected chi connectivity index (χ0v) is 8.63. The number of carbonyl (C=O) groups excluding carboxylic acids is 1. The maximum atomic E-state index is 9.81. The Morgan fingerprint density at radius 2 is 1.83 bits per heavy atom. The minimum absolute atomic E-state index is 0.255. The molecule has 0 aliphatic carbocycles. The molecule has 0 unspecified atom stereocenters. The fourth-order valence-electron chi connectivity index (χ4n) is 0.387. The average molecular weight is 175 g/mol. The summed E-state index contributed by atoms with van der Waals surface area (Å²) in [6.45, 7) is 4.72. The second-order valence-corrected chi connectivity index (χ2v) is 2.94. The van der Waals surface area contributed by atoms with Gasteiger partial charge in [0.15, 0.2) is 0 Å². The molecule has 0 radical (unpaired) electrons. The molecule has 0 aliphatic rings. The molecule has 3 nitrogen and oxygen atoms in total. The van der Waals surface area contributed by atoms with Gasteiger partial charge in [-0.05, 0) is 34.0 Å². The smallest absolute Gasteiger partial charge is 0.129 e.